The van der Waals surface area contributed by atoms with Crippen LogP contribution in [-0.2, 0) is 141 Å². The van der Waals surface area contributed by atoms with Crippen molar-refractivity contribution in [3.63, 3.8) is 0 Å². The summed E-state index contributed by atoms with van der Waals surface area (Å²) in [5.41, 5.74) is 3.42. The summed E-state index contributed by atoms with van der Waals surface area (Å²) in [6, 6.07) is 8.81. The summed E-state index contributed by atoms with van der Waals surface area (Å²) in [7, 11) is -11.8. The third-order valence-electron chi connectivity index (χ3n) is 29.0. The molecule has 15 amide bonds. The van der Waals surface area contributed by atoms with E-state index in [2.05, 4.69) is 55.8 Å². The van der Waals surface area contributed by atoms with Crippen molar-refractivity contribution in [1.82, 2.24) is 75.5 Å². The summed E-state index contributed by atoms with van der Waals surface area (Å²) in [6.07, 6.45) is 5.81. The van der Waals surface area contributed by atoms with Gasteiger partial charge < -0.3 is 75.0 Å². The molecule has 792 valence electrons. The van der Waals surface area contributed by atoms with E-state index in [1.54, 1.807) is 35.8 Å². The van der Waals surface area contributed by atoms with Crippen LogP contribution in [-0.4, -0.2) is 277 Å². The predicted octanol–water partition coefficient (Wildman–Crippen LogP) is 6.67. The second-order valence-electron chi connectivity index (χ2n) is 40.0. The second-order valence-corrected chi connectivity index (χ2v) is 45.9. The van der Waals surface area contributed by atoms with Crippen molar-refractivity contribution in [2.75, 3.05) is 39.5 Å². The Morgan fingerprint density at radius 2 is 0.769 bits per heavy atom. The van der Waals surface area contributed by atoms with E-state index in [1.807, 2.05) is 95.9 Å². The van der Waals surface area contributed by atoms with E-state index < -0.39 is 250 Å². The maximum atomic E-state index is 14.1. The zero-order valence-corrected chi connectivity index (χ0v) is 83.7. The second kappa shape index (κ2) is 43.2. The monoisotopic (exact) mass is 2100 g/mol. The number of unbranched alkanes of at least 4 members (excludes halogenated alkanes) is 1. The molecular formula is C99H120F3N15O27S3. The smallest absolute Gasteiger partial charge is 0.410 e. The van der Waals surface area contributed by atoms with Gasteiger partial charge in [-0.15, -0.1) is 19.7 Å². The van der Waals surface area contributed by atoms with E-state index in [-0.39, 0.29) is 97.4 Å². The van der Waals surface area contributed by atoms with Gasteiger partial charge in [-0.25, -0.2) is 54.0 Å². The number of hydrogen-bond donors (Lipinski definition) is 9. The fourth-order valence-electron chi connectivity index (χ4n) is 20.0. The topological polar surface area (TPSA) is 542 Å². The number of nitrogens with zero attached hydrogens (tertiary/aromatic N) is 6. The summed E-state index contributed by atoms with van der Waals surface area (Å²) >= 11 is 0. The first kappa shape index (κ1) is 106. The Kier molecular flexibility index (Phi) is 31.2. The van der Waals surface area contributed by atoms with E-state index in [0.717, 1.165) is 61.4 Å². The molecule has 6 aliphatic carbocycles. The Balaban J connectivity index is 0.000000158. The van der Waals surface area contributed by atoms with Crippen LogP contribution in [0.1, 0.15) is 193 Å². The average Bonchev–Trinajstić information content (AvgIpc) is 1.58. The fraction of sp³-hybridized carbons (Fsp3) is 0.545. The summed E-state index contributed by atoms with van der Waals surface area (Å²) in [5, 5.41) is 13.2. The number of carbonyl (C=O) groups excluding carboxylic acids is 15. The number of halogens is 3. The van der Waals surface area contributed by atoms with E-state index in [9.17, 15) is 110 Å². The number of ether oxygens (including phenoxy) is 6. The molecular weight excluding hydrogens is 1980 g/mol. The predicted molar refractivity (Wildman–Crippen MR) is 517 cm³/mol. The van der Waals surface area contributed by atoms with Gasteiger partial charge in [-0.2, -0.15) is 13.2 Å². The van der Waals surface area contributed by atoms with Crippen LogP contribution in [0.3, 0.4) is 0 Å². The molecule has 6 saturated carbocycles. The lowest BCUT2D eigenvalue weighted by Gasteiger charge is -2.31. The van der Waals surface area contributed by atoms with Gasteiger partial charge in [-0.3, -0.25) is 72.0 Å². The molecule has 0 radical (unpaired) electrons. The van der Waals surface area contributed by atoms with Gasteiger partial charge in [0, 0.05) is 56.7 Å². The summed E-state index contributed by atoms with van der Waals surface area (Å²) in [5.74, 6) is -9.77. The van der Waals surface area contributed by atoms with Gasteiger partial charge in [0.25, 0.3) is 17.7 Å². The number of alkyl carbamates (subject to hydrolysis) is 3. The third kappa shape index (κ3) is 24.2. The van der Waals surface area contributed by atoms with Crippen molar-refractivity contribution in [3.05, 3.63) is 161 Å². The van der Waals surface area contributed by atoms with Gasteiger partial charge in [-0.1, -0.05) is 143 Å². The number of cyclic esters (lactones) is 3. The molecule has 9 N–H and O–H groups in total. The maximum Gasteiger partial charge on any atom is 0.410 e. The van der Waals surface area contributed by atoms with Crippen molar-refractivity contribution in [1.29, 1.82) is 0 Å². The van der Waals surface area contributed by atoms with Crippen LogP contribution < -0.4 is 46.1 Å². The maximum absolute atomic E-state index is 14.1. The molecule has 3 aromatic carbocycles. The molecule has 3 saturated heterocycles. The lowest BCUT2D eigenvalue weighted by Crippen LogP contribution is -2.59. The van der Waals surface area contributed by atoms with Gasteiger partial charge in [0.2, 0.25) is 65.5 Å². The lowest BCUT2D eigenvalue weighted by atomic mass is 10.0. The van der Waals surface area contributed by atoms with Crippen molar-refractivity contribution in [2.24, 2.45) is 23.7 Å². The van der Waals surface area contributed by atoms with Crippen molar-refractivity contribution in [2.45, 2.75) is 275 Å². The van der Waals surface area contributed by atoms with E-state index in [4.69, 9.17) is 28.4 Å². The van der Waals surface area contributed by atoms with Gasteiger partial charge in [0.05, 0.1) is 81.3 Å². The van der Waals surface area contributed by atoms with E-state index in [1.165, 1.54) is 32.9 Å². The molecule has 0 spiro atoms. The highest BCUT2D eigenvalue weighted by Crippen LogP contribution is 2.49. The highest BCUT2D eigenvalue weighted by molar-refractivity contribution is 7.91. The summed E-state index contributed by atoms with van der Waals surface area (Å²) in [4.78, 5) is 210. The number of rotatable bonds is 23. The minimum Gasteiger partial charge on any atom is -0.449 e. The normalized spacial score (nSPS) is 29.3. The van der Waals surface area contributed by atoms with Gasteiger partial charge in [0.1, 0.15) is 71.2 Å². The molecule has 9 aliphatic heterocycles. The van der Waals surface area contributed by atoms with Crippen LogP contribution in [0.4, 0.5) is 41.9 Å². The minimum atomic E-state index is -4.93. The van der Waals surface area contributed by atoms with Crippen molar-refractivity contribution < 1.29 is 139 Å². The Morgan fingerprint density at radius 3 is 1.07 bits per heavy atom. The molecule has 9 fully saturated rings. The average molecular weight is 2110 g/mol. The first-order valence-corrected chi connectivity index (χ1v) is 54.0. The number of hydrogen-bond acceptors (Lipinski definition) is 27. The van der Waals surface area contributed by atoms with Gasteiger partial charge in [0.15, 0.2) is 0 Å². The van der Waals surface area contributed by atoms with Crippen LogP contribution in [0, 0.1) is 23.7 Å². The Labute approximate surface area is 846 Å². The SMILES string of the molecule is C=C[C@@H]1C[C@]1(NC(=O)[C@@H]1C[C@@H]2CN1C(=O)[C@H](C(C)C)NC(=O)OCC/C=C/c1cccc3c1CN(C3)C(=O)O2)C(=O)NS(=O)(=O)C1CC1.C=C[C@@H]1C[C@]1(NC(=O)[C@@H]1C[C@@H]2CN1C(=O)[C@H](CC(F)(F)F)NC(=O)OCC/C=C/c1cccc3c1CN(C3)C(=O)O2)C(=O)NS(=O)(=O)C1CC1.C=C[C@@H]1C[C@]1(NC(=O)[C@@H]1C[C@@H]2CN1C(=O)[C@H](CCCC)NC(=O)OCC/C=C/c1cccc3c1CN(C3)C(=O)O2)C(=O)NS(=O)(=O)C1CC1. The Bertz CT molecular complexity index is 6270. The van der Waals surface area contributed by atoms with E-state index >= 15 is 0 Å². The molecule has 9 heterocycles. The molecule has 42 nitrogen and oxygen atoms in total. The van der Waals surface area contributed by atoms with Crippen LogP contribution in [0.15, 0.2) is 111 Å². The van der Waals surface area contributed by atoms with Crippen LogP contribution in [0.25, 0.3) is 18.2 Å². The number of nitrogens with one attached hydrogen (secondary N) is 9. The number of benzene rings is 3. The Hall–Kier alpha value is -13.4. The highest BCUT2D eigenvalue weighted by atomic mass is 32.2. The molecule has 48 heteroatoms. The van der Waals surface area contributed by atoms with Crippen LogP contribution >= 0.6 is 0 Å². The minimum absolute atomic E-state index is 0.0240. The molecule has 15 aliphatic rings. The quantitative estimate of drug-likeness (QED) is 0.0353. The molecule has 12 bridgehead atoms. The van der Waals surface area contributed by atoms with E-state index in [0.29, 0.717) is 84.0 Å². The zero-order valence-electron chi connectivity index (χ0n) is 81.2. The van der Waals surface area contributed by atoms with Crippen molar-refractivity contribution in [3.8, 4) is 0 Å². The molecule has 15 atom stereocenters. The molecule has 147 heavy (non-hydrogen) atoms. The number of alkyl halides is 3. The molecule has 0 aromatic heterocycles. The molecule has 0 unspecified atom stereocenters. The Morgan fingerprint density at radius 1 is 0.456 bits per heavy atom. The summed E-state index contributed by atoms with van der Waals surface area (Å²) in [6.45, 7) is 17.3. The number of amides is 15. The lowest BCUT2D eigenvalue weighted by molar-refractivity contribution is -0.155. The zero-order chi connectivity index (χ0) is 105. The standard InChI is InChI=1S/C34H43N5O9S.C33H41N5O9S.C32H36F3N5O9S/c1-3-5-12-27-30(41)39-19-24(16-28(39)29(40)36-34(17-23(34)4-2)31(42)37-49(45,46)25-13-14-25)48-33(44)38-18-22-11-8-10-21(26(22)20-38)9-6-7-15-47-32(43)35-27;1-4-22-15-33(22,30(41)36-48(44,45)24-11-12-24)35-28(39)26-14-23-17-38(26)29(40)27(19(2)3)34-31(42)46-13-6-5-8-20-9-7-10-21-16-37(18-25(20)21)32(43)47-23;1-2-20-13-31(20,28(43)38-50(46,47)22-9-10-22)37-26(41)25-12-21-16-40(25)27(42)24(14-32(33,34)35)36-29(44)48-11-4-3-6-18-7-5-8-19-15-39(17-23(18)19)30(45)49-21/h4,6,8-11,23-25,27-28H,2-3,5,7,12-20H2,1H3,(H,35,43)(H,36,40)(H,37,42);4-5,7-10,19,22-24,26-27H,1,6,11-18H2,2-3H3,(H,34,42)(H,35,39)(H,36,41);2-3,5-8,20-22,24-25H,1,4,9-17H2,(H,36,44)(H,37,41)(H,38,43)/b9-6+;8-5+;6-3+/t23-,24-,27+,28+,34-;22-,23-,26+,27+,33-;20-,21-,24+,25+,31-/m111/s1. The van der Waals surface area contributed by atoms with Crippen LogP contribution in [0.5, 0.6) is 0 Å². The molecule has 3 aromatic rings. The van der Waals surface area contributed by atoms with Gasteiger partial charge in [-0.05, 0) is 139 Å². The third-order valence-corrected chi connectivity index (χ3v) is 34.5. The first-order chi connectivity index (χ1) is 69.9. The number of fused-ring (bicyclic) bond motifs is 9. The van der Waals surface area contributed by atoms with Crippen LogP contribution in [0.2, 0.25) is 0 Å². The number of sulfonamides is 3. The molecule has 18 rings (SSSR count). The van der Waals surface area contributed by atoms with Crippen molar-refractivity contribution >= 4 is 138 Å². The van der Waals surface area contributed by atoms with Gasteiger partial charge >= 0.3 is 42.7 Å². The number of carbonyl (C=O) groups is 15. The highest BCUT2D eigenvalue weighted by Gasteiger charge is 2.66. The largest absolute Gasteiger partial charge is 0.449 e. The first-order valence-electron chi connectivity index (χ1n) is 49.4. The summed E-state index contributed by atoms with van der Waals surface area (Å²) < 4.78 is 156. The fourth-order valence-corrected chi connectivity index (χ4v) is 24.1.